The average Bonchev–Trinajstić information content (AvgIpc) is 2.97. The summed E-state index contributed by atoms with van der Waals surface area (Å²) in [5.74, 6) is -2.02. The highest BCUT2D eigenvalue weighted by Gasteiger charge is 2.20. The summed E-state index contributed by atoms with van der Waals surface area (Å²) in [5.41, 5.74) is 0.816. The standard InChI is InChI=1S/C18H29NO3/c1-14(2)19-11-17(20)13-22-18-7-5-15(6-8-18)9-10-21-12-16-3-4-16/h5-8,14,16-17,19-20H,3-4,9-13H2,1-2H3/i3D2,4D2,12D2,16D. The first-order chi connectivity index (χ1) is 13.3. The number of hydrogen-bond donors (Lipinski definition) is 2. The van der Waals surface area contributed by atoms with Gasteiger partial charge in [0.1, 0.15) is 18.5 Å². The molecule has 1 fully saturated rings. The van der Waals surface area contributed by atoms with E-state index >= 15 is 0 Å². The molecule has 1 unspecified atom stereocenters. The summed E-state index contributed by atoms with van der Waals surface area (Å²) < 4.78 is 64.4. The van der Waals surface area contributed by atoms with Crippen LogP contribution in [-0.4, -0.2) is 43.6 Å². The van der Waals surface area contributed by atoms with E-state index < -0.39 is 31.3 Å². The highest BCUT2D eigenvalue weighted by Crippen LogP contribution is 2.28. The van der Waals surface area contributed by atoms with Crippen LogP contribution in [-0.2, 0) is 11.2 Å². The molecule has 1 aliphatic carbocycles. The van der Waals surface area contributed by atoms with E-state index in [2.05, 4.69) is 5.32 Å². The lowest BCUT2D eigenvalue weighted by Crippen LogP contribution is -2.35. The van der Waals surface area contributed by atoms with Gasteiger partial charge in [0.25, 0.3) is 0 Å². The van der Waals surface area contributed by atoms with Crippen molar-refractivity contribution in [2.24, 2.45) is 5.89 Å². The Kier molecular flexibility index (Phi) is 4.11. The predicted octanol–water partition coefficient (Wildman–Crippen LogP) is 2.39. The number of rotatable bonds is 11. The van der Waals surface area contributed by atoms with Crippen molar-refractivity contribution in [2.75, 3.05) is 26.3 Å². The Bertz CT molecular complexity index is 669. The van der Waals surface area contributed by atoms with Gasteiger partial charge in [0.2, 0.25) is 0 Å². The van der Waals surface area contributed by atoms with Crippen molar-refractivity contribution in [3.05, 3.63) is 29.8 Å². The second-order valence-corrected chi connectivity index (χ2v) is 5.50. The van der Waals surface area contributed by atoms with Gasteiger partial charge in [-0.2, -0.15) is 0 Å². The molecule has 1 aromatic carbocycles. The Morgan fingerprint density at radius 3 is 2.77 bits per heavy atom. The fraction of sp³-hybridized carbons (Fsp3) is 0.667. The molecular weight excluding hydrogens is 278 g/mol. The van der Waals surface area contributed by atoms with Gasteiger partial charge >= 0.3 is 0 Å². The zero-order valence-electron chi connectivity index (χ0n) is 20.1. The van der Waals surface area contributed by atoms with E-state index in [1.165, 1.54) is 0 Å². The van der Waals surface area contributed by atoms with Crippen LogP contribution in [0.5, 0.6) is 5.75 Å². The second kappa shape index (κ2) is 9.13. The van der Waals surface area contributed by atoms with Crippen LogP contribution in [0.2, 0.25) is 0 Å². The Labute approximate surface area is 143 Å². The SMILES string of the molecule is [2H]C([2H])(OCCc1ccc(OCC(O)CNC(C)C)cc1)C1([2H])C([2H])([2H])C1([2H])[2H]. The average molecular weight is 314 g/mol. The van der Waals surface area contributed by atoms with Crippen molar-refractivity contribution in [3.63, 3.8) is 0 Å². The molecule has 0 heterocycles. The predicted molar refractivity (Wildman–Crippen MR) is 88.3 cm³/mol. The lowest BCUT2D eigenvalue weighted by atomic mass is 10.1. The van der Waals surface area contributed by atoms with Gasteiger partial charge < -0.3 is 19.9 Å². The molecule has 0 radical (unpaired) electrons. The third-order valence-corrected chi connectivity index (χ3v) is 3.04. The number of aliphatic hydroxyl groups is 1. The summed E-state index contributed by atoms with van der Waals surface area (Å²) in [4.78, 5) is 0. The van der Waals surface area contributed by atoms with Crippen molar-refractivity contribution in [1.82, 2.24) is 5.32 Å². The highest BCUT2D eigenvalue weighted by molar-refractivity contribution is 5.27. The number of nitrogens with one attached hydrogen (secondary N) is 1. The molecule has 0 saturated heterocycles. The van der Waals surface area contributed by atoms with Crippen molar-refractivity contribution in [3.8, 4) is 5.75 Å². The molecule has 0 spiro atoms. The van der Waals surface area contributed by atoms with Crippen LogP contribution in [0, 0.1) is 5.89 Å². The number of hydrogen-bond acceptors (Lipinski definition) is 4. The second-order valence-electron chi connectivity index (χ2n) is 5.50. The minimum Gasteiger partial charge on any atom is -0.491 e. The van der Waals surface area contributed by atoms with E-state index in [0.29, 0.717) is 18.7 Å². The minimum atomic E-state index is -2.76. The minimum absolute atomic E-state index is 0.125. The largest absolute Gasteiger partial charge is 0.491 e. The van der Waals surface area contributed by atoms with Crippen LogP contribution in [0.15, 0.2) is 24.3 Å². The molecule has 1 saturated carbocycles. The first kappa shape index (κ1) is 9.91. The number of benzene rings is 1. The van der Waals surface area contributed by atoms with E-state index in [-0.39, 0.29) is 19.3 Å². The van der Waals surface area contributed by atoms with Gasteiger partial charge in [-0.25, -0.2) is 0 Å². The monoisotopic (exact) mass is 314 g/mol. The van der Waals surface area contributed by atoms with Crippen molar-refractivity contribution in [2.45, 2.75) is 45.2 Å². The number of aliphatic hydroxyl groups excluding tert-OH is 1. The van der Waals surface area contributed by atoms with Gasteiger partial charge in [0, 0.05) is 26.0 Å². The normalized spacial score (nSPS) is 27.4. The van der Waals surface area contributed by atoms with Gasteiger partial charge in [-0.3, -0.25) is 0 Å². The molecule has 1 atom stereocenters. The molecule has 0 aromatic heterocycles. The lowest BCUT2D eigenvalue weighted by molar-refractivity contribution is 0.104. The van der Waals surface area contributed by atoms with E-state index in [0.717, 1.165) is 5.56 Å². The van der Waals surface area contributed by atoms with Gasteiger partial charge in [-0.05, 0) is 42.8 Å². The van der Waals surface area contributed by atoms with Crippen molar-refractivity contribution < 1.29 is 24.2 Å². The molecule has 0 bridgehead atoms. The highest BCUT2D eigenvalue weighted by atomic mass is 16.5. The quantitative estimate of drug-likeness (QED) is 0.658. The van der Waals surface area contributed by atoms with E-state index in [1.54, 1.807) is 24.3 Å². The van der Waals surface area contributed by atoms with Crippen LogP contribution < -0.4 is 10.1 Å². The fourth-order valence-corrected chi connectivity index (χ4v) is 1.75. The summed E-state index contributed by atoms with van der Waals surface area (Å²) >= 11 is 0. The van der Waals surface area contributed by atoms with Gasteiger partial charge in [0.05, 0.1) is 9.35 Å². The van der Waals surface area contributed by atoms with Crippen molar-refractivity contribution >= 4 is 0 Å². The molecule has 2 N–H and O–H groups in total. The summed E-state index contributed by atoms with van der Waals surface area (Å²) in [5, 5.41) is 13.0. The molecule has 4 heteroatoms. The zero-order valence-corrected chi connectivity index (χ0v) is 13.1. The molecule has 1 aliphatic rings. The smallest absolute Gasteiger partial charge is 0.119 e. The molecule has 0 aliphatic heterocycles. The first-order valence-electron chi connectivity index (χ1n) is 11.0. The molecule has 2 rings (SSSR count). The van der Waals surface area contributed by atoms with Gasteiger partial charge in [-0.1, -0.05) is 26.0 Å². The zero-order chi connectivity index (χ0) is 22.1. The van der Waals surface area contributed by atoms with Crippen molar-refractivity contribution in [1.29, 1.82) is 0 Å². The maximum absolute atomic E-state index is 9.84. The topological polar surface area (TPSA) is 50.7 Å². The van der Waals surface area contributed by atoms with Crippen LogP contribution >= 0.6 is 0 Å². The molecular formula is C18H29NO3. The Balaban J connectivity index is 1.79. The van der Waals surface area contributed by atoms with E-state index in [4.69, 9.17) is 19.1 Å². The Morgan fingerprint density at radius 1 is 1.41 bits per heavy atom. The maximum atomic E-state index is 9.84. The molecule has 1 aromatic rings. The van der Waals surface area contributed by atoms with Crippen LogP contribution in [0.1, 0.15) is 41.8 Å². The molecule has 0 amide bonds. The van der Waals surface area contributed by atoms with Crippen LogP contribution in [0.25, 0.3) is 0 Å². The fourth-order valence-electron chi connectivity index (χ4n) is 1.75. The van der Waals surface area contributed by atoms with E-state index in [9.17, 15) is 5.11 Å². The summed E-state index contributed by atoms with van der Waals surface area (Å²) in [6, 6.07) is 7.24. The first-order valence-corrected chi connectivity index (χ1v) is 7.53. The Morgan fingerprint density at radius 2 is 2.14 bits per heavy atom. The van der Waals surface area contributed by atoms with Crippen LogP contribution in [0.4, 0.5) is 0 Å². The third kappa shape index (κ3) is 7.25. The lowest BCUT2D eigenvalue weighted by Gasteiger charge is -2.15. The maximum Gasteiger partial charge on any atom is 0.119 e. The summed E-state index contributed by atoms with van der Waals surface area (Å²) in [6.45, 7) is 1.67. The Hall–Kier alpha value is -1.10. The number of ether oxygens (including phenoxy) is 2. The van der Waals surface area contributed by atoms with Gasteiger partial charge in [-0.15, -0.1) is 0 Å². The third-order valence-electron chi connectivity index (χ3n) is 3.04. The summed E-state index contributed by atoms with van der Waals surface area (Å²) in [6.07, 6.45) is -5.55. The molecule has 4 nitrogen and oxygen atoms in total. The molecule has 124 valence electrons. The van der Waals surface area contributed by atoms with Crippen LogP contribution in [0.3, 0.4) is 0 Å². The molecule has 22 heavy (non-hydrogen) atoms. The summed E-state index contributed by atoms with van der Waals surface area (Å²) in [7, 11) is 0. The van der Waals surface area contributed by atoms with Gasteiger partial charge in [0.15, 0.2) is 0 Å². The van der Waals surface area contributed by atoms with E-state index in [1.807, 2.05) is 13.8 Å².